The van der Waals surface area contributed by atoms with Gasteiger partial charge in [-0.2, -0.15) is 0 Å². The zero-order chi connectivity index (χ0) is 8.39. The van der Waals surface area contributed by atoms with Crippen LogP contribution < -0.4 is 5.32 Å². The van der Waals surface area contributed by atoms with Crippen molar-refractivity contribution in [3.63, 3.8) is 0 Å². The molecule has 1 heterocycles. The van der Waals surface area contributed by atoms with E-state index in [2.05, 4.69) is 10.3 Å². The summed E-state index contributed by atoms with van der Waals surface area (Å²) in [5.74, 6) is 0.879. The summed E-state index contributed by atoms with van der Waals surface area (Å²) < 4.78 is 0. The van der Waals surface area contributed by atoms with Crippen LogP contribution in [0, 0.1) is 0 Å². The summed E-state index contributed by atoms with van der Waals surface area (Å²) in [6.45, 7) is 0.0141. The Balaban J connectivity index is 2.08. The SMILES string of the molecule is OCc1cccc(NC2CC2)n1. The van der Waals surface area contributed by atoms with E-state index < -0.39 is 0 Å². The van der Waals surface area contributed by atoms with E-state index in [-0.39, 0.29) is 6.61 Å². The fraction of sp³-hybridized carbons (Fsp3) is 0.444. The molecule has 1 aromatic heterocycles. The number of anilines is 1. The summed E-state index contributed by atoms with van der Waals surface area (Å²) >= 11 is 0. The molecule has 1 fully saturated rings. The minimum atomic E-state index is 0.0141. The zero-order valence-electron chi connectivity index (χ0n) is 6.83. The van der Waals surface area contributed by atoms with Crippen molar-refractivity contribution in [1.82, 2.24) is 4.98 Å². The quantitative estimate of drug-likeness (QED) is 0.704. The summed E-state index contributed by atoms with van der Waals surface area (Å²) in [5.41, 5.74) is 0.723. The molecule has 1 aliphatic carbocycles. The lowest BCUT2D eigenvalue weighted by molar-refractivity contribution is 0.277. The molecule has 0 unspecified atom stereocenters. The molecule has 0 aliphatic heterocycles. The molecule has 3 nitrogen and oxygen atoms in total. The predicted molar refractivity (Wildman–Crippen MR) is 46.8 cm³/mol. The van der Waals surface area contributed by atoms with Gasteiger partial charge in [-0.25, -0.2) is 4.98 Å². The van der Waals surface area contributed by atoms with Gasteiger partial charge in [0.15, 0.2) is 0 Å². The molecule has 0 spiro atoms. The lowest BCUT2D eigenvalue weighted by atomic mass is 10.3. The van der Waals surface area contributed by atoms with Gasteiger partial charge in [-0.1, -0.05) is 6.07 Å². The summed E-state index contributed by atoms with van der Waals surface area (Å²) in [6, 6.07) is 6.27. The van der Waals surface area contributed by atoms with E-state index in [0.29, 0.717) is 6.04 Å². The zero-order valence-corrected chi connectivity index (χ0v) is 6.83. The Morgan fingerprint density at radius 1 is 1.50 bits per heavy atom. The molecule has 2 N–H and O–H groups in total. The van der Waals surface area contributed by atoms with Gasteiger partial charge >= 0.3 is 0 Å². The van der Waals surface area contributed by atoms with E-state index in [9.17, 15) is 0 Å². The van der Waals surface area contributed by atoms with Crippen LogP contribution in [0.3, 0.4) is 0 Å². The Kier molecular flexibility index (Phi) is 1.96. The smallest absolute Gasteiger partial charge is 0.126 e. The predicted octanol–water partition coefficient (Wildman–Crippen LogP) is 1.15. The van der Waals surface area contributed by atoms with Gasteiger partial charge in [0.1, 0.15) is 5.82 Å². The Morgan fingerprint density at radius 3 is 3.00 bits per heavy atom. The van der Waals surface area contributed by atoms with Gasteiger partial charge < -0.3 is 10.4 Å². The van der Waals surface area contributed by atoms with E-state index in [1.165, 1.54) is 12.8 Å². The van der Waals surface area contributed by atoms with Crippen LogP contribution in [-0.4, -0.2) is 16.1 Å². The summed E-state index contributed by atoms with van der Waals surface area (Å²) in [4.78, 5) is 4.21. The third-order valence-corrected chi connectivity index (χ3v) is 1.90. The Labute approximate surface area is 71.4 Å². The van der Waals surface area contributed by atoms with Gasteiger partial charge in [0.25, 0.3) is 0 Å². The minimum absolute atomic E-state index is 0.0141. The standard InChI is InChI=1S/C9H12N2O/c12-6-8-2-1-3-9(11-8)10-7-4-5-7/h1-3,7,12H,4-6H2,(H,10,11). The highest BCUT2D eigenvalue weighted by atomic mass is 16.3. The first-order valence-electron chi connectivity index (χ1n) is 4.22. The maximum absolute atomic E-state index is 8.82. The van der Waals surface area contributed by atoms with E-state index in [1.54, 1.807) is 0 Å². The molecule has 3 heteroatoms. The largest absolute Gasteiger partial charge is 0.390 e. The van der Waals surface area contributed by atoms with Crippen molar-refractivity contribution in [2.24, 2.45) is 0 Å². The third-order valence-electron chi connectivity index (χ3n) is 1.90. The molecule has 1 aromatic rings. The van der Waals surface area contributed by atoms with Crippen LogP contribution in [0.1, 0.15) is 18.5 Å². The molecule has 1 aliphatic rings. The van der Waals surface area contributed by atoms with Crippen LogP contribution in [-0.2, 0) is 6.61 Å². The van der Waals surface area contributed by atoms with E-state index in [1.807, 2.05) is 18.2 Å². The normalized spacial score (nSPS) is 16.1. The Morgan fingerprint density at radius 2 is 2.33 bits per heavy atom. The second kappa shape index (κ2) is 3.11. The van der Waals surface area contributed by atoms with Gasteiger partial charge in [-0.05, 0) is 25.0 Å². The van der Waals surface area contributed by atoms with Gasteiger partial charge in [0, 0.05) is 6.04 Å². The van der Waals surface area contributed by atoms with Crippen LogP contribution in [0.5, 0.6) is 0 Å². The number of hydrogen-bond donors (Lipinski definition) is 2. The number of hydrogen-bond acceptors (Lipinski definition) is 3. The van der Waals surface area contributed by atoms with E-state index >= 15 is 0 Å². The summed E-state index contributed by atoms with van der Waals surface area (Å²) in [7, 11) is 0. The number of aliphatic hydroxyl groups is 1. The number of aromatic nitrogens is 1. The maximum Gasteiger partial charge on any atom is 0.126 e. The van der Waals surface area contributed by atoms with Gasteiger partial charge in [0.2, 0.25) is 0 Å². The third kappa shape index (κ3) is 1.74. The van der Waals surface area contributed by atoms with Crippen molar-refractivity contribution in [1.29, 1.82) is 0 Å². The first-order valence-corrected chi connectivity index (χ1v) is 4.22. The molecule has 0 saturated heterocycles. The summed E-state index contributed by atoms with van der Waals surface area (Å²) in [5, 5.41) is 12.1. The number of pyridine rings is 1. The molecule has 12 heavy (non-hydrogen) atoms. The number of nitrogens with one attached hydrogen (secondary N) is 1. The van der Waals surface area contributed by atoms with Gasteiger partial charge in [-0.15, -0.1) is 0 Å². The van der Waals surface area contributed by atoms with Gasteiger partial charge in [0.05, 0.1) is 12.3 Å². The molecule has 0 bridgehead atoms. The van der Waals surface area contributed by atoms with Crippen molar-refractivity contribution in [3.05, 3.63) is 23.9 Å². The maximum atomic E-state index is 8.82. The monoisotopic (exact) mass is 164 g/mol. The van der Waals surface area contributed by atoms with Crippen LogP contribution in [0.2, 0.25) is 0 Å². The van der Waals surface area contributed by atoms with Crippen molar-refractivity contribution in [2.75, 3.05) is 5.32 Å². The lowest BCUT2D eigenvalue weighted by Crippen LogP contribution is -2.03. The molecule has 0 atom stereocenters. The average Bonchev–Trinajstić information content (AvgIpc) is 2.89. The molecule has 2 rings (SSSR count). The van der Waals surface area contributed by atoms with Gasteiger partial charge in [-0.3, -0.25) is 0 Å². The highest BCUT2D eigenvalue weighted by molar-refractivity contribution is 5.37. The van der Waals surface area contributed by atoms with E-state index in [0.717, 1.165) is 11.5 Å². The van der Waals surface area contributed by atoms with Crippen LogP contribution >= 0.6 is 0 Å². The Bertz CT molecular complexity index is 271. The van der Waals surface area contributed by atoms with Crippen LogP contribution in [0.25, 0.3) is 0 Å². The number of nitrogens with zero attached hydrogens (tertiary/aromatic N) is 1. The van der Waals surface area contributed by atoms with Crippen LogP contribution in [0.15, 0.2) is 18.2 Å². The lowest BCUT2D eigenvalue weighted by Gasteiger charge is -2.03. The first kappa shape index (κ1) is 7.55. The highest BCUT2D eigenvalue weighted by Crippen LogP contribution is 2.23. The van der Waals surface area contributed by atoms with E-state index in [4.69, 9.17) is 5.11 Å². The fourth-order valence-electron chi connectivity index (χ4n) is 1.08. The average molecular weight is 164 g/mol. The van der Waals surface area contributed by atoms with Crippen molar-refractivity contribution in [3.8, 4) is 0 Å². The number of rotatable bonds is 3. The van der Waals surface area contributed by atoms with Crippen LogP contribution in [0.4, 0.5) is 5.82 Å². The molecule has 0 radical (unpaired) electrons. The molecule has 64 valence electrons. The molecule has 0 aromatic carbocycles. The first-order chi connectivity index (χ1) is 5.88. The fourth-order valence-corrected chi connectivity index (χ4v) is 1.08. The molecular weight excluding hydrogens is 152 g/mol. The van der Waals surface area contributed by atoms with Crippen molar-refractivity contribution >= 4 is 5.82 Å². The Hall–Kier alpha value is -1.09. The second-order valence-corrected chi connectivity index (χ2v) is 3.09. The second-order valence-electron chi connectivity index (χ2n) is 3.09. The topological polar surface area (TPSA) is 45.1 Å². The minimum Gasteiger partial charge on any atom is -0.390 e. The van der Waals surface area contributed by atoms with Crippen molar-refractivity contribution < 1.29 is 5.11 Å². The molecule has 0 amide bonds. The highest BCUT2D eigenvalue weighted by Gasteiger charge is 2.20. The van der Waals surface area contributed by atoms with Crippen molar-refractivity contribution in [2.45, 2.75) is 25.5 Å². The molecule has 1 saturated carbocycles. The molecular formula is C9H12N2O. The summed E-state index contributed by atoms with van der Waals surface area (Å²) in [6.07, 6.45) is 2.48. The number of aliphatic hydroxyl groups excluding tert-OH is 1.